The molecule has 0 amide bonds. The summed E-state index contributed by atoms with van der Waals surface area (Å²) in [6, 6.07) is 0. The first-order valence-electron chi connectivity index (χ1n) is 7.15. The Bertz CT molecular complexity index is 166. The van der Waals surface area contributed by atoms with Crippen LogP contribution < -0.4 is 0 Å². The van der Waals surface area contributed by atoms with Crippen molar-refractivity contribution in [1.82, 2.24) is 0 Å². The molecule has 0 heterocycles. The Hall–Kier alpha value is -0.170. The summed E-state index contributed by atoms with van der Waals surface area (Å²) in [6.45, 7) is 12.3. The van der Waals surface area contributed by atoms with Crippen LogP contribution in [0.5, 0.6) is 0 Å². The van der Waals surface area contributed by atoms with Gasteiger partial charge in [-0.25, -0.2) is 0 Å². The molecule has 0 aliphatic carbocycles. The van der Waals surface area contributed by atoms with Gasteiger partial charge in [-0.05, 0) is 25.7 Å². The van der Waals surface area contributed by atoms with Gasteiger partial charge in [0.05, 0.1) is 0 Å². The first kappa shape index (κ1) is 16.8. The van der Waals surface area contributed by atoms with Crippen molar-refractivity contribution < 1.29 is 0 Å². The van der Waals surface area contributed by atoms with Crippen LogP contribution in [0.25, 0.3) is 0 Å². The van der Waals surface area contributed by atoms with E-state index in [0.717, 1.165) is 23.3 Å². The second-order valence-electron chi connectivity index (χ2n) is 4.71. The zero-order valence-corrected chi connectivity index (χ0v) is 12.6. The fraction of sp³-hybridized carbons (Fsp3) is 0.750. The minimum absolute atomic E-state index is 0.772. The van der Waals surface area contributed by atoms with Gasteiger partial charge in [-0.2, -0.15) is 11.8 Å². The van der Waals surface area contributed by atoms with E-state index in [0.29, 0.717) is 0 Å². The van der Waals surface area contributed by atoms with Gasteiger partial charge in [0.25, 0.3) is 0 Å². The van der Waals surface area contributed by atoms with Crippen LogP contribution in [0.2, 0.25) is 0 Å². The number of thioether (sulfide) groups is 1. The van der Waals surface area contributed by atoms with E-state index in [1.54, 1.807) is 0 Å². The number of unbranched alkanes of at least 4 members (excludes halogenated alkanes) is 2. The second kappa shape index (κ2) is 12.3. The monoisotopic (exact) mass is 254 g/mol. The molecule has 0 N–H and O–H groups in total. The molecular formula is C16H30S. The highest BCUT2D eigenvalue weighted by Gasteiger charge is 2.14. The lowest BCUT2D eigenvalue weighted by atomic mass is 10.1. The maximum Gasteiger partial charge on any atom is 0.00843 e. The zero-order chi connectivity index (χ0) is 12.9. The molecule has 17 heavy (non-hydrogen) atoms. The maximum absolute atomic E-state index is 3.89. The summed E-state index contributed by atoms with van der Waals surface area (Å²) >= 11 is 2.18. The van der Waals surface area contributed by atoms with E-state index in [9.17, 15) is 0 Å². The fourth-order valence-corrected chi connectivity index (χ4v) is 3.63. The van der Waals surface area contributed by atoms with Crippen molar-refractivity contribution in [3.05, 3.63) is 25.3 Å². The van der Waals surface area contributed by atoms with Gasteiger partial charge in [-0.3, -0.25) is 0 Å². The quantitative estimate of drug-likeness (QED) is 0.385. The van der Waals surface area contributed by atoms with E-state index in [-0.39, 0.29) is 0 Å². The van der Waals surface area contributed by atoms with Gasteiger partial charge < -0.3 is 0 Å². The minimum Gasteiger partial charge on any atom is -0.155 e. The van der Waals surface area contributed by atoms with Gasteiger partial charge in [-0.1, -0.05) is 51.7 Å². The number of rotatable bonds is 12. The van der Waals surface area contributed by atoms with Crippen LogP contribution in [0.4, 0.5) is 0 Å². The summed E-state index contributed by atoms with van der Waals surface area (Å²) in [6.07, 6.45) is 14.5. The predicted molar refractivity (Wildman–Crippen MR) is 83.8 cm³/mol. The van der Waals surface area contributed by atoms with Crippen molar-refractivity contribution in [3.63, 3.8) is 0 Å². The Morgan fingerprint density at radius 2 is 1.29 bits per heavy atom. The molecule has 0 aromatic heterocycles. The van der Waals surface area contributed by atoms with Gasteiger partial charge in [0, 0.05) is 10.5 Å². The van der Waals surface area contributed by atoms with Crippen LogP contribution in [-0.4, -0.2) is 10.5 Å². The van der Waals surface area contributed by atoms with Crippen molar-refractivity contribution in [2.24, 2.45) is 0 Å². The number of hydrogen-bond acceptors (Lipinski definition) is 1. The van der Waals surface area contributed by atoms with Crippen molar-refractivity contribution in [3.8, 4) is 0 Å². The van der Waals surface area contributed by atoms with Gasteiger partial charge in [0.15, 0.2) is 0 Å². The summed E-state index contributed by atoms with van der Waals surface area (Å²) in [5.74, 6) is 0. The first-order chi connectivity index (χ1) is 8.28. The molecule has 0 bridgehead atoms. The van der Waals surface area contributed by atoms with Gasteiger partial charge in [-0.15, -0.1) is 13.2 Å². The first-order valence-corrected chi connectivity index (χ1v) is 8.09. The van der Waals surface area contributed by atoms with Gasteiger partial charge in [0.1, 0.15) is 0 Å². The van der Waals surface area contributed by atoms with Crippen LogP contribution in [0.3, 0.4) is 0 Å². The van der Waals surface area contributed by atoms with Crippen LogP contribution in [0.1, 0.15) is 65.2 Å². The molecule has 100 valence electrons. The molecule has 0 fully saturated rings. The van der Waals surface area contributed by atoms with Crippen LogP contribution >= 0.6 is 11.8 Å². The summed E-state index contributed by atoms with van der Waals surface area (Å²) in [5.41, 5.74) is 0. The lowest BCUT2D eigenvalue weighted by Gasteiger charge is -2.21. The fourth-order valence-electron chi connectivity index (χ4n) is 1.99. The highest BCUT2D eigenvalue weighted by molar-refractivity contribution is 8.00. The molecule has 0 rings (SSSR count). The van der Waals surface area contributed by atoms with E-state index >= 15 is 0 Å². The van der Waals surface area contributed by atoms with Crippen LogP contribution in [0.15, 0.2) is 25.3 Å². The zero-order valence-electron chi connectivity index (χ0n) is 11.8. The summed E-state index contributed by atoms with van der Waals surface area (Å²) in [4.78, 5) is 0. The molecule has 0 aromatic rings. The third-order valence-electron chi connectivity index (χ3n) is 3.00. The van der Waals surface area contributed by atoms with E-state index < -0.39 is 0 Å². The van der Waals surface area contributed by atoms with E-state index in [4.69, 9.17) is 0 Å². The lowest BCUT2D eigenvalue weighted by molar-refractivity contribution is 0.662. The average Bonchev–Trinajstić information content (AvgIpc) is 2.33. The topological polar surface area (TPSA) is 0 Å². The molecule has 0 saturated carbocycles. The van der Waals surface area contributed by atoms with Crippen molar-refractivity contribution in [2.45, 2.75) is 75.7 Å². The Kier molecular flexibility index (Phi) is 12.2. The average molecular weight is 254 g/mol. The van der Waals surface area contributed by atoms with Gasteiger partial charge in [0.2, 0.25) is 0 Å². The van der Waals surface area contributed by atoms with Crippen LogP contribution in [-0.2, 0) is 0 Å². The largest absolute Gasteiger partial charge is 0.155 e. The second-order valence-corrected chi connectivity index (χ2v) is 6.32. The minimum atomic E-state index is 0.772. The molecule has 0 nitrogen and oxygen atoms in total. The number of hydrogen-bond donors (Lipinski definition) is 0. The molecular weight excluding hydrogens is 224 g/mol. The Labute approximate surface area is 113 Å². The van der Waals surface area contributed by atoms with E-state index in [1.165, 1.54) is 38.5 Å². The third-order valence-corrected chi connectivity index (χ3v) is 4.63. The smallest absolute Gasteiger partial charge is 0.00843 e. The molecule has 0 saturated heterocycles. The molecule has 2 atom stereocenters. The summed E-state index contributed by atoms with van der Waals surface area (Å²) in [7, 11) is 0. The summed E-state index contributed by atoms with van der Waals surface area (Å²) in [5, 5.41) is 1.54. The lowest BCUT2D eigenvalue weighted by Crippen LogP contribution is -2.10. The summed E-state index contributed by atoms with van der Waals surface area (Å²) < 4.78 is 0. The normalized spacial score (nSPS) is 14.2. The van der Waals surface area contributed by atoms with Crippen molar-refractivity contribution in [1.29, 1.82) is 0 Å². The van der Waals surface area contributed by atoms with Gasteiger partial charge >= 0.3 is 0 Å². The molecule has 0 aromatic carbocycles. The molecule has 0 aliphatic rings. The predicted octanol–water partition coefficient (Wildman–Crippen LogP) is 5.99. The SMILES string of the molecule is C=CCC(CCCC)SC(CC=C)CCCC. The van der Waals surface area contributed by atoms with Crippen molar-refractivity contribution in [2.75, 3.05) is 0 Å². The Balaban J connectivity index is 4.11. The molecule has 0 radical (unpaired) electrons. The highest BCUT2D eigenvalue weighted by atomic mass is 32.2. The molecule has 2 unspecified atom stereocenters. The third kappa shape index (κ3) is 9.52. The standard InChI is InChI=1S/C16H30S/c1-5-9-13-15(11-7-3)17-16(12-8-4)14-10-6-2/h7-8,15-16H,3-6,9-14H2,1-2H3. The maximum atomic E-state index is 3.89. The van der Waals surface area contributed by atoms with E-state index in [1.807, 2.05) is 0 Å². The van der Waals surface area contributed by atoms with Crippen molar-refractivity contribution >= 4 is 11.8 Å². The Morgan fingerprint density at radius 1 is 0.882 bits per heavy atom. The van der Waals surface area contributed by atoms with E-state index in [2.05, 4.69) is 50.9 Å². The van der Waals surface area contributed by atoms with Crippen LogP contribution in [0, 0.1) is 0 Å². The molecule has 0 spiro atoms. The molecule has 0 aliphatic heterocycles. The Morgan fingerprint density at radius 3 is 1.59 bits per heavy atom. The number of allylic oxidation sites excluding steroid dienone is 2. The highest BCUT2D eigenvalue weighted by Crippen LogP contribution is 2.30. The molecule has 1 heteroatoms.